The van der Waals surface area contributed by atoms with E-state index >= 15 is 0 Å². The van der Waals surface area contributed by atoms with Gasteiger partial charge in [-0.1, -0.05) is 0 Å². The van der Waals surface area contributed by atoms with Gasteiger partial charge < -0.3 is 0 Å². The molecule has 0 atom stereocenters. The van der Waals surface area contributed by atoms with Crippen molar-refractivity contribution in [3.63, 3.8) is 0 Å². The minimum absolute atomic E-state index is 0.296. The van der Waals surface area contributed by atoms with E-state index in [1.807, 2.05) is 0 Å². The van der Waals surface area contributed by atoms with Crippen LogP contribution in [-0.2, 0) is 0 Å². The molecule has 0 aliphatic carbocycles. The van der Waals surface area contributed by atoms with E-state index in [0.29, 0.717) is 23.7 Å². The van der Waals surface area contributed by atoms with Gasteiger partial charge in [-0.15, -0.1) is 0 Å². The monoisotopic (exact) mass is 756 g/mol. The number of aliphatic imine (C=N–C) groups is 1. The van der Waals surface area contributed by atoms with Crippen molar-refractivity contribution in [3.05, 3.63) is 131 Å². The fourth-order valence-corrected chi connectivity index (χ4v) is 8.83. The molecule has 0 heterocycles. The van der Waals surface area contributed by atoms with Crippen molar-refractivity contribution >= 4 is 66.6 Å². The molecule has 0 fully saturated rings. The zero-order valence-corrected chi connectivity index (χ0v) is 34.1. The first-order chi connectivity index (χ1) is 21.8. The zero-order chi connectivity index (χ0) is 34.0. The summed E-state index contributed by atoms with van der Waals surface area (Å²) in [6.45, 7) is 22.1. The van der Waals surface area contributed by atoms with E-state index in [4.69, 9.17) is 4.99 Å². The van der Waals surface area contributed by atoms with Gasteiger partial charge in [0.15, 0.2) is 0 Å². The Kier molecular flexibility index (Phi) is 15.1. The summed E-state index contributed by atoms with van der Waals surface area (Å²) < 4.78 is 2.35. The number of anilines is 1. The van der Waals surface area contributed by atoms with Crippen LogP contribution in [0, 0.1) is 0 Å². The fraction of sp³-hybridized carbons (Fsp3) is 0.341. The first kappa shape index (κ1) is 38.0. The second kappa shape index (κ2) is 18.2. The molecule has 5 heteroatoms. The Labute approximate surface area is 297 Å². The van der Waals surface area contributed by atoms with Crippen LogP contribution in [-0.4, -0.2) is 38.0 Å². The number of hydrogen-bond acceptors (Lipinski definition) is 2. The predicted molar refractivity (Wildman–Crippen MR) is 209 cm³/mol. The summed E-state index contributed by atoms with van der Waals surface area (Å²) in [4.78, 5) is 5.15. The summed E-state index contributed by atoms with van der Waals surface area (Å²) in [7, 11) is 0. The van der Waals surface area contributed by atoms with Crippen LogP contribution in [0.15, 0.2) is 114 Å². The fourth-order valence-electron chi connectivity index (χ4n) is 5.44. The van der Waals surface area contributed by atoms with Gasteiger partial charge >= 0.3 is 299 Å². The molecule has 0 aromatic heterocycles. The third-order valence-electron chi connectivity index (χ3n) is 7.95. The number of allylic oxidation sites excluding steroid dienone is 2. The second-order valence-electron chi connectivity index (χ2n) is 13.0. The molecule has 4 radical (unpaired) electrons. The van der Waals surface area contributed by atoms with Gasteiger partial charge in [-0.25, -0.2) is 0 Å². The summed E-state index contributed by atoms with van der Waals surface area (Å²) in [5.74, 6) is 1.83. The van der Waals surface area contributed by atoms with Crippen molar-refractivity contribution in [1.82, 2.24) is 0 Å². The van der Waals surface area contributed by atoms with Crippen molar-refractivity contribution in [3.8, 4) is 0 Å². The summed E-state index contributed by atoms with van der Waals surface area (Å²) >= 11 is 5.46. The van der Waals surface area contributed by atoms with Crippen LogP contribution in [0.25, 0.3) is 0 Å². The number of benzene rings is 4. The van der Waals surface area contributed by atoms with E-state index < -0.39 is 0 Å². The van der Waals surface area contributed by atoms with Crippen LogP contribution in [0.5, 0.6) is 0 Å². The molecule has 0 N–H and O–H groups in total. The van der Waals surface area contributed by atoms with E-state index in [0.717, 1.165) is 11.4 Å². The Morgan fingerprint density at radius 3 is 1.35 bits per heavy atom. The molecule has 0 saturated carbocycles. The minimum atomic E-state index is -0.296. The van der Waals surface area contributed by atoms with E-state index in [2.05, 4.69) is 209 Å². The first-order valence-electron chi connectivity index (χ1n) is 16.4. The molecule has 0 spiro atoms. The molecule has 4 rings (SSSR count). The van der Waals surface area contributed by atoms with Crippen LogP contribution < -0.4 is 14.5 Å². The molecule has 0 aliphatic rings. The molecule has 46 heavy (non-hydrogen) atoms. The van der Waals surface area contributed by atoms with E-state index in [-0.39, 0.29) is 6.61 Å². The third kappa shape index (κ3) is 10.3. The topological polar surface area (TPSA) is 15.6 Å². The van der Waals surface area contributed by atoms with Gasteiger partial charge in [0.1, 0.15) is 0 Å². The molecule has 0 saturated heterocycles. The molecule has 0 amide bonds. The summed E-state index contributed by atoms with van der Waals surface area (Å²) in [5, 5.41) is 2.77. The van der Waals surface area contributed by atoms with Crippen LogP contribution in [0.2, 0.25) is 0 Å². The Bertz CT molecular complexity index is 1500. The van der Waals surface area contributed by atoms with Crippen LogP contribution in [0.1, 0.15) is 115 Å². The van der Waals surface area contributed by atoms with Crippen LogP contribution in [0.3, 0.4) is 0 Å². The Hall–Kier alpha value is -2.42. The van der Waals surface area contributed by atoms with Crippen LogP contribution >= 0.6 is 6.61 Å². The quantitative estimate of drug-likeness (QED) is 0.0894. The van der Waals surface area contributed by atoms with Gasteiger partial charge in [0.25, 0.3) is 0 Å². The molecule has 0 aliphatic heterocycles. The van der Waals surface area contributed by atoms with Gasteiger partial charge in [-0.2, -0.15) is 0 Å². The molecule has 0 unspecified atom stereocenters. The molecule has 4 aromatic rings. The van der Waals surface area contributed by atoms with E-state index in [1.165, 1.54) is 44.2 Å². The van der Waals surface area contributed by atoms with Gasteiger partial charge in [-0.05, 0) is 0 Å². The Morgan fingerprint density at radius 2 is 0.978 bits per heavy atom. The summed E-state index contributed by atoms with van der Waals surface area (Å²) in [6.07, 6.45) is 2.22. The maximum absolute atomic E-state index is 5.15. The molecular weight excluding hydrogens is 703 g/mol. The van der Waals surface area contributed by atoms with Gasteiger partial charge in [0.2, 0.25) is 0 Å². The average Bonchev–Trinajstić information content (AvgIpc) is 3.04. The van der Waals surface area contributed by atoms with Gasteiger partial charge in [0.05, 0.1) is 0 Å². The van der Waals surface area contributed by atoms with Crippen molar-refractivity contribution in [2.45, 2.75) is 92.9 Å². The molecule has 4 aromatic carbocycles. The Morgan fingerprint density at radius 1 is 0.609 bits per heavy atom. The molecule has 240 valence electrons. The number of rotatable bonds is 10. The molecular formula is C41H51GeN2PSe. The van der Waals surface area contributed by atoms with E-state index in [1.54, 1.807) is 0 Å². The number of para-hydroxylation sites is 2. The van der Waals surface area contributed by atoms with E-state index in [9.17, 15) is 0 Å². The average molecular weight is 754 g/mol. The molecule has 0 bridgehead atoms. The standard InChI is InChI=1S/C29H41GeN2.C12H10PSe/c1-18(2)24-13-11-14-25(19(3)4)28(24)31-22(9)17-23(10)32(30)29-26(20(5)6)15-12-16-27(29)21(7)8;14-13(11-7-3-1-4-8-11)12-9-5-2-6-10-12/h11-21H,1-10H3;1-10H/b23-17-,31-22?;. The maximum atomic E-state index is 5.15. The number of nitrogens with zero attached hydrogens (tertiary/aromatic N) is 2. The first-order valence-corrected chi connectivity index (χ1v) is 20.9. The van der Waals surface area contributed by atoms with Crippen molar-refractivity contribution in [1.29, 1.82) is 0 Å². The Balaban J connectivity index is 0.000000339. The van der Waals surface area contributed by atoms with Crippen molar-refractivity contribution < 1.29 is 0 Å². The van der Waals surface area contributed by atoms with Crippen LogP contribution in [0.4, 0.5) is 11.4 Å². The normalized spacial score (nSPS) is 12.3. The zero-order valence-electron chi connectivity index (χ0n) is 29.4. The molecule has 2 nitrogen and oxygen atoms in total. The van der Waals surface area contributed by atoms with Gasteiger partial charge in [-0.3, -0.25) is 0 Å². The predicted octanol–water partition coefficient (Wildman–Crippen LogP) is 11.0. The third-order valence-corrected chi connectivity index (χ3v) is 13.3. The second-order valence-corrected chi connectivity index (χ2v) is 17.9. The number of hydrogen-bond donors (Lipinski definition) is 0. The van der Waals surface area contributed by atoms with Crippen molar-refractivity contribution in [2.75, 3.05) is 3.86 Å². The SMILES string of the molecule is CC(/C=C(/C)[N]([Ge])c1c(C(C)C)cccc1C(C)C)=Nc1c(C(C)C)cccc1C(C)C.[Se]P(c1ccccc1)c1ccccc1. The van der Waals surface area contributed by atoms with Crippen molar-refractivity contribution in [2.24, 2.45) is 4.99 Å². The summed E-state index contributed by atoms with van der Waals surface area (Å²) in [6, 6.07) is 34.5. The summed E-state index contributed by atoms with van der Waals surface area (Å²) in [5.41, 5.74) is 10.2. The van der Waals surface area contributed by atoms with Gasteiger partial charge in [0, 0.05) is 0 Å².